The molecule has 4 nitrogen and oxygen atoms in total. The van der Waals surface area contributed by atoms with Crippen LogP contribution in [0, 0.1) is 6.92 Å². The van der Waals surface area contributed by atoms with E-state index < -0.39 is 0 Å². The second-order valence-corrected chi connectivity index (χ2v) is 7.75. The Balaban J connectivity index is 0.00000192. The third kappa shape index (κ3) is 4.92. The third-order valence-electron chi connectivity index (χ3n) is 4.79. The van der Waals surface area contributed by atoms with Crippen molar-refractivity contribution in [2.75, 3.05) is 39.3 Å². The second-order valence-electron chi connectivity index (χ2n) is 6.46. The fraction of sp³-hybridized carbons (Fsp3) is 0.706. The van der Waals surface area contributed by atoms with E-state index in [-0.39, 0.29) is 18.3 Å². The summed E-state index contributed by atoms with van der Waals surface area (Å²) in [6, 6.07) is 4.39. The van der Waals surface area contributed by atoms with E-state index in [1.165, 1.54) is 37.2 Å². The second kappa shape index (κ2) is 9.02. The van der Waals surface area contributed by atoms with E-state index in [0.717, 1.165) is 37.5 Å². The molecule has 1 N–H and O–H groups in total. The van der Waals surface area contributed by atoms with Crippen molar-refractivity contribution in [3.8, 4) is 0 Å². The van der Waals surface area contributed by atoms with Gasteiger partial charge < -0.3 is 15.1 Å². The van der Waals surface area contributed by atoms with Gasteiger partial charge in [-0.1, -0.05) is 6.42 Å². The minimum atomic E-state index is 0. The first-order valence-corrected chi connectivity index (χ1v) is 9.36. The van der Waals surface area contributed by atoms with E-state index in [1.807, 2.05) is 12.1 Å². The van der Waals surface area contributed by atoms with Gasteiger partial charge in [-0.3, -0.25) is 4.79 Å². The number of nitrogens with one attached hydrogen (secondary N) is 1. The molecular weight excluding hydrogens is 330 g/mol. The standard InChI is InChI=1S/C17H27N3OS.ClH/c1-14-5-6-16(22-14)17(21)20(15-7-8-18-13-15)12-11-19-9-3-2-4-10-19;/h5-6,15,18H,2-4,7-13H2,1H3;1H. The van der Waals surface area contributed by atoms with Crippen molar-refractivity contribution < 1.29 is 4.79 Å². The molecule has 0 bridgehead atoms. The van der Waals surface area contributed by atoms with Gasteiger partial charge in [0.1, 0.15) is 0 Å². The molecule has 0 spiro atoms. The van der Waals surface area contributed by atoms with Crippen LogP contribution in [0.5, 0.6) is 0 Å². The molecule has 1 aromatic rings. The zero-order valence-electron chi connectivity index (χ0n) is 13.9. The first kappa shape index (κ1) is 18.7. The molecular formula is C17H28ClN3OS. The summed E-state index contributed by atoms with van der Waals surface area (Å²) < 4.78 is 0. The summed E-state index contributed by atoms with van der Waals surface area (Å²) >= 11 is 1.62. The van der Waals surface area contributed by atoms with Gasteiger partial charge in [0.25, 0.3) is 5.91 Å². The number of piperidine rings is 1. The van der Waals surface area contributed by atoms with Crippen LogP contribution in [0.2, 0.25) is 0 Å². The predicted octanol–water partition coefficient (Wildman–Crippen LogP) is 2.77. The molecule has 3 heterocycles. The van der Waals surface area contributed by atoms with Crippen LogP contribution in [0.3, 0.4) is 0 Å². The lowest BCUT2D eigenvalue weighted by Crippen LogP contribution is -2.46. The number of amides is 1. The Hall–Kier alpha value is -0.620. The van der Waals surface area contributed by atoms with Crippen molar-refractivity contribution in [3.05, 3.63) is 21.9 Å². The summed E-state index contributed by atoms with van der Waals surface area (Å²) in [5.41, 5.74) is 0. The number of carbonyl (C=O) groups is 1. The maximum atomic E-state index is 12.9. The van der Waals surface area contributed by atoms with Crippen LogP contribution < -0.4 is 5.32 Å². The molecule has 1 amide bonds. The van der Waals surface area contributed by atoms with Crippen LogP contribution in [-0.2, 0) is 0 Å². The van der Waals surface area contributed by atoms with Crippen LogP contribution in [0.4, 0.5) is 0 Å². The fourth-order valence-corrected chi connectivity index (χ4v) is 4.30. The molecule has 2 saturated heterocycles. The summed E-state index contributed by atoms with van der Waals surface area (Å²) in [4.78, 5) is 19.7. The van der Waals surface area contributed by atoms with E-state index >= 15 is 0 Å². The molecule has 2 fully saturated rings. The molecule has 0 aliphatic carbocycles. The summed E-state index contributed by atoms with van der Waals surface area (Å²) in [5, 5.41) is 3.40. The first-order valence-electron chi connectivity index (χ1n) is 8.54. The molecule has 130 valence electrons. The van der Waals surface area contributed by atoms with Crippen LogP contribution >= 0.6 is 23.7 Å². The van der Waals surface area contributed by atoms with Gasteiger partial charge in [0, 0.05) is 30.6 Å². The van der Waals surface area contributed by atoms with Crippen molar-refractivity contribution in [3.63, 3.8) is 0 Å². The first-order chi connectivity index (χ1) is 10.7. The zero-order chi connectivity index (χ0) is 15.4. The summed E-state index contributed by atoms with van der Waals surface area (Å²) in [5.74, 6) is 0.226. The molecule has 1 atom stereocenters. The molecule has 23 heavy (non-hydrogen) atoms. The number of carbonyl (C=O) groups excluding carboxylic acids is 1. The van der Waals surface area contributed by atoms with E-state index in [2.05, 4.69) is 22.0 Å². The van der Waals surface area contributed by atoms with Gasteiger partial charge in [-0.2, -0.15) is 0 Å². The highest BCUT2D eigenvalue weighted by Gasteiger charge is 2.28. The Morgan fingerprint density at radius 1 is 1.35 bits per heavy atom. The number of hydrogen-bond donors (Lipinski definition) is 1. The monoisotopic (exact) mass is 357 g/mol. The van der Waals surface area contributed by atoms with E-state index in [4.69, 9.17) is 0 Å². The van der Waals surface area contributed by atoms with Gasteiger partial charge in [0.15, 0.2) is 0 Å². The Bertz CT molecular complexity index is 496. The van der Waals surface area contributed by atoms with Crippen LogP contribution in [-0.4, -0.2) is 61.0 Å². The maximum absolute atomic E-state index is 12.9. The minimum absolute atomic E-state index is 0. The molecule has 1 unspecified atom stereocenters. The van der Waals surface area contributed by atoms with Crippen LogP contribution in [0.25, 0.3) is 0 Å². The smallest absolute Gasteiger partial charge is 0.264 e. The van der Waals surface area contributed by atoms with E-state index in [1.54, 1.807) is 11.3 Å². The lowest BCUT2D eigenvalue weighted by atomic mass is 10.1. The van der Waals surface area contributed by atoms with Gasteiger partial charge in [-0.05, 0) is 58.0 Å². The Kier molecular flexibility index (Phi) is 7.34. The fourth-order valence-electron chi connectivity index (χ4n) is 3.48. The van der Waals surface area contributed by atoms with Crippen molar-refractivity contribution in [2.24, 2.45) is 0 Å². The highest BCUT2D eigenvalue weighted by molar-refractivity contribution is 7.13. The number of hydrogen-bond acceptors (Lipinski definition) is 4. The molecule has 2 aliphatic heterocycles. The average molecular weight is 358 g/mol. The van der Waals surface area contributed by atoms with Gasteiger partial charge in [0.2, 0.25) is 0 Å². The van der Waals surface area contributed by atoms with E-state index in [0.29, 0.717) is 6.04 Å². The lowest BCUT2D eigenvalue weighted by Gasteiger charge is -2.32. The number of nitrogens with zero attached hydrogens (tertiary/aromatic N) is 2. The lowest BCUT2D eigenvalue weighted by molar-refractivity contribution is 0.0664. The van der Waals surface area contributed by atoms with Crippen LogP contribution in [0.15, 0.2) is 12.1 Å². The highest BCUT2D eigenvalue weighted by atomic mass is 35.5. The Morgan fingerprint density at radius 3 is 2.74 bits per heavy atom. The number of likely N-dealkylation sites (tertiary alicyclic amines) is 1. The SMILES string of the molecule is Cc1ccc(C(=O)N(CCN2CCCCC2)C2CCNC2)s1.Cl. The van der Waals surface area contributed by atoms with Crippen molar-refractivity contribution in [2.45, 2.75) is 38.6 Å². The quantitative estimate of drug-likeness (QED) is 0.880. The largest absolute Gasteiger partial charge is 0.332 e. The van der Waals surface area contributed by atoms with Crippen molar-refractivity contribution >= 4 is 29.7 Å². The van der Waals surface area contributed by atoms with Gasteiger partial charge in [-0.25, -0.2) is 0 Å². The molecule has 0 saturated carbocycles. The van der Waals surface area contributed by atoms with Crippen molar-refractivity contribution in [1.82, 2.24) is 15.1 Å². The summed E-state index contributed by atoms with van der Waals surface area (Å²) in [6.45, 7) is 8.31. The third-order valence-corrected chi connectivity index (χ3v) is 5.78. The highest BCUT2D eigenvalue weighted by Crippen LogP contribution is 2.20. The Morgan fingerprint density at radius 2 is 2.13 bits per heavy atom. The minimum Gasteiger partial charge on any atom is -0.332 e. The maximum Gasteiger partial charge on any atom is 0.264 e. The van der Waals surface area contributed by atoms with Gasteiger partial charge in [-0.15, -0.1) is 23.7 Å². The Labute approximate surface area is 149 Å². The normalized spacial score (nSPS) is 21.9. The molecule has 6 heteroatoms. The molecule has 0 aromatic carbocycles. The molecule has 3 rings (SSSR count). The van der Waals surface area contributed by atoms with Crippen molar-refractivity contribution in [1.29, 1.82) is 0 Å². The molecule has 1 aromatic heterocycles. The van der Waals surface area contributed by atoms with Crippen LogP contribution in [0.1, 0.15) is 40.2 Å². The van der Waals surface area contributed by atoms with Gasteiger partial charge >= 0.3 is 0 Å². The number of rotatable bonds is 5. The summed E-state index contributed by atoms with van der Waals surface area (Å²) in [6.07, 6.45) is 5.06. The average Bonchev–Trinajstić information content (AvgIpc) is 3.20. The number of aryl methyl sites for hydroxylation is 1. The topological polar surface area (TPSA) is 35.6 Å². The molecule has 0 radical (unpaired) electrons. The number of thiophene rings is 1. The zero-order valence-corrected chi connectivity index (χ0v) is 15.6. The predicted molar refractivity (Wildman–Crippen MR) is 98.9 cm³/mol. The summed E-state index contributed by atoms with van der Waals surface area (Å²) in [7, 11) is 0. The molecule has 2 aliphatic rings. The van der Waals surface area contributed by atoms with E-state index in [9.17, 15) is 4.79 Å². The number of halogens is 1. The van der Waals surface area contributed by atoms with Gasteiger partial charge in [0.05, 0.1) is 4.88 Å².